The van der Waals surface area contributed by atoms with Crippen molar-refractivity contribution < 1.29 is 4.79 Å². The second-order valence-electron chi connectivity index (χ2n) is 2.86. The van der Waals surface area contributed by atoms with Crippen LogP contribution in [0.4, 0.5) is 0 Å². The van der Waals surface area contributed by atoms with Crippen molar-refractivity contribution in [2.75, 3.05) is 11.5 Å². The fraction of sp³-hybridized carbons (Fsp3) is 0.875. The van der Waals surface area contributed by atoms with Crippen molar-refractivity contribution >= 4 is 17.7 Å². The highest BCUT2D eigenvalue weighted by atomic mass is 32.2. The van der Waals surface area contributed by atoms with Crippen LogP contribution in [0, 0.1) is 0 Å². The molecule has 3 N–H and O–H groups in total. The molecule has 0 aromatic carbocycles. The SMILES string of the molecule is CCSCC(C)NC(=O)[C@H](C)N. The summed E-state index contributed by atoms with van der Waals surface area (Å²) < 4.78 is 0. The maximum atomic E-state index is 11.1. The van der Waals surface area contributed by atoms with E-state index < -0.39 is 6.04 Å². The molecule has 0 aliphatic heterocycles. The van der Waals surface area contributed by atoms with Gasteiger partial charge in [0.15, 0.2) is 0 Å². The Morgan fingerprint density at radius 2 is 2.17 bits per heavy atom. The first-order chi connectivity index (χ1) is 5.57. The molecular weight excluding hydrogens is 172 g/mol. The average Bonchev–Trinajstić information content (AvgIpc) is 2.00. The molecule has 0 aromatic rings. The number of amides is 1. The van der Waals surface area contributed by atoms with Crippen LogP contribution in [0.5, 0.6) is 0 Å². The zero-order chi connectivity index (χ0) is 9.56. The van der Waals surface area contributed by atoms with E-state index in [1.807, 2.05) is 18.7 Å². The standard InChI is InChI=1S/C8H18N2OS/c1-4-12-5-6(2)10-8(11)7(3)9/h6-7H,4-5,9H2,1-3H3,(H,10,11)/t6?,7-/m0/s1. The number of nitrogens with two attached hydrogens (primary N) is 1. The predicted molar refractivity (Wildman–Crippen MR) is 54.3 cm³/mol. The van der Waals surface area contributed by atoms with Crippen LogP contribution in [0.25, 0.3) is 0 Å². The Balaban J connectivity index is 3.54. The molecule has 72 valence electrons. The van der Waals surface area contributed by atoms with Gasteiger partial charge in [0, 0.05) is 11.8 Å². The minimum Gasteiger partial charge on any atom is -0.351 e. The maximum absolute atomic E-state index is 11.1. The summed E-state index contributed by atoms with van der Waals surface area (Å²) in [5, 5.41) is 2.83. The smallest absolute Gasteiger partial charge is 0.236 e. The van der Waals surface area contributed by atoms with Gasteiger partial charge in [-0.1, -0.05) is 6.92 Å². The number of thioether (sulfide) groups is 1. The minimum atomic E-state index is -0.404. The second kappa shape index (κ2) is 6.31. The number of carbonyl (C=O) groups is 1. The van der Waals surface area contributed by atoms with Crippen LogP contribution >= 0.6 is 11.8 Å². The third kappa shape index (κ3) is 5.43. The molecule has 3 nitrogen and oxygen atoms in total. The van der Waals surface area contributed by atoms with Crippen molar-refractivity contribution in [2.45, 2.75) is 32.9 Å². The molecular formula is C8H18N2OS. The van der Waals surface area contributed by atoms with Gasteiger partial charge >= 0.3 is 0 Å². The highest BCUT2D eigenvalue weighted by Gasteiger charge is 2.10. The minimum absolute atomic E-state index is 0.0702. The molecule has 2 atom stereocenters. The first-order valence-corrected chi connectivity index (χ1v) is 5.37. The Hall–Kier alpha value is -0.220. The molecule has 0 heterocycles. The van der Waals surface area contributed by atoms with Crippen LogP contribution < -0.4 is 11.1 Å². The van der Waals surface area contributed by atoms with Gasteiger partial charge in [0.25, 0.3) is 0 Å². The average molecular weight is 190 g/mol. The molecule has 0 fully saturated rings. The number of rotatable bonds is 5. The van der Waals surface area contributed by atoms with E-state index in [1.54, 1.807) is 6.92 Å². The van der Waals surface area contributed by atoms with Crippen LogP contribution in [0.3, 0.4) is 0 Å². The van der Waals surface area contributed by atoms with Crippen molar-refractivity contribution in [3.63, 3.8) is 0 Å². The molecule has 0 spiro atoms. The van der Waals surface area contributed by atoms with Gasteiger partial charge in [-0.2, -0.15) is 11.8 Å². The first-order valence-electron chi connectivity index (χ1n) is 4.21. The van der Waals surface area contributed by atoms with Gasteiger partial charge in [-0.3, -0.25) is 4.79 Å². The number of nitrogens with one attached hydrogen (secondary N) is 1. The molecule has 12 heavy (non-hydrogen) atoms. The van der Waals surface area contributed by atoms with Crippen molar-refractivity contribution in [1.82, 2.24) is 5.32 Å². The van der Waals surface area contributed by atoms with Crippen molar-refractivity contribution in [2.24, 2.45) is 5.73 Å². The molecule has 0 saturated carbocycles. The molecule has 0 radical (unpaired) electrons. The van der Waals surface area contributed by atoms with E-state index in [0.717, 1.165) is 11.5 Å². The zero-order valence-electron chi connectivity index (χ0n) is 7.96. The largest absolute Gasteiger partial charge is 0.351 e. The number of hydrogen-bond donors (Lipinski definition) is 2. The van der Waals surface area contributed by atoms with Gasteiger partial charge in [-0.15, -0.1) is 0 Å². The summed E-state index contributed by atoms with van der Waals surface area (Å²) in [4.78, 5) is 11.1. The van der Waals surface area contributed by atoms with Crippen LogP contribution in [0.2, 0.25) is 0 Å². The highest BCUT2D eigenvalue weighted by Crippen LogP contribution is 2.00. The third-order valence-electron chi connectivity index (χ3n) is 1.37. The monoisotopic (exact) mass is 190 g/mol. The lowest BCUT2D eigenvalue weighted by Gasteiger charge is -2.14. The molecule has 0 bridgehead atoms. The first kappa shape index (κ1) is 11.8. The molecule has 1 amide bonds. The summed E-state index contributed by atoms with van der Waals surface area (Å²) >= 11 is 1.81. The van der Waals surface area contributed by atoms with Gasteiger partial charge in [0.2, 0.25) is 5.91 Å². The molecule has 0 aromatic heterocycles. The zero-order valence-corrected chi connectivity index (χ0v) is 8.78. The van der Waals surface area contributed by atoms with E-state index >= 15 is 0 Å². The summed E-state index contributed by atoms with van der Waals surface area (Å²) in [5.74, 6) is 1.96. The molecule has 0 rings (SSSR count). The Morgan fingerprint density at radius 3 is 2.58 bits per heavy atom. The van der Waals surface area contributed by atoms with Gasteiger partial charge in [-0.25, -0.2) is 0 Å². The summed E-state index contributed by atoms with van der Waals surface area (Å²) in [5.41, 5.74) is 5.39. The quantitative estimate of drug-likeness (QED) is 0.667. The highest BCUT2D eigenvalue weighted by molar-refractivity contribution is 7.99. The van der Waals surface area contributed by atoms with Gasteiger partial charge in [-0.05, 0) is 19.6 Å². The summed E-state index contributed by atoms with van der Waals surface area (Å²) in [6, 6.07) is -0.187. The lowest BCUT2D eigenvalue weighted by atomic mass is 10.3. The lowest BCUT2D eigenvalue weighted by Crippen LogP contribution is -2.43. The van der Waals surface area contributed by atoms with E-state index in [1.165, 1.54) is 0 Å². The maximum Gasteiger partial charge on any atom is 0.236 e. The summed E-state index contributed by atoms with van der Waals surface area (Å²) in [7, 11) is 0. The Labute approximate surface area is 78.5 Å². The van der Waals surface area contributed by atoms with Crippen molar-refractivity contribution in [3.05, 3.63) is 0 Å². The summed E-state index contributed by atoms with van der Waals surface area (Å²) in [6.45, 7) is 5.78. The van der Waals surface area contributed by atoms with Gasteiger partial charge < -0.3 is 11.1 Å². The summed E-state index contributed by atoms with van der Waals surface area (Å²) in [6.07, 6.45) is 0. The Kier molecular flexibility index (Phi) is 6.20. The van der Waals surface area contributed by atoms with E-state index in [0.29, 0.717) is 0 Å². The molecule has 4 heteroatoms. The van der Waals surface area contributed by atoms with Crippen molar-refractivity contribution in [3.8, 4) is 0 Å². The number of hydrogen-bond acceptors (Lipinski definition) is 3. The van der Waals surface area contributed by atoms with Crippen LogP contribution in [-0.4, -0.2) is 29.5 Å². The number of carbonyl (C=O) groups excluding carboxylic acids is 1. The van der Waals surface area contributed by atoms with Crippen LogP contribution in [0.15, 0.2) is 0 Å². The Morgan fingerprint density at radius 1 is 1.58 bits per heavy atom. The molecule has 1 unspecified atom stereocenters. The van der Waals surface area contributed by atoms with E-state index in [2.05, 4.69) is 12.2 Å². The topological polar surface area (TPSA) is 55.1 Å². The fourth-order valence-electron chi connectivity index (χ4n) is 0.711. The molecule has 0 aliphatic rings. The van der Waals surface area contributed by atoms with Crippen LogP contribution in [0.1, 0.15) is 20.8 Å². The molecule has 0 saturated heterocycles. The third-order valence-corrected chi connectivity index (χ3v) is 2.52. The van der Waals surface area contributed by atoms with Crippen LogP contribution in [-0.2, 0) is 4.79 Å². The van der Waals surface area contributed by atoms with Gasteiger partial charge in [0.05, 0.1) is 6.04 Å². The normalized spacial score (nSPS) is 15.3. The van der Waals surface area contributed by atoms with E-state index in [4.69, 9.17) is 5.73 Å². The van der Waals surface area contributed by atoms with E-state index in [-0.39, 0.29) is 11.9 Å². The second-order valence-corrected chi connectivity index (χ2v) is 4.18. The van der Waals surface area contributed by atoms with Crippen molar-refractivity contribution in [1.29, 1.82) is 0 Å². The van der Waals surface area contributed by atoms with Gasteiger partial charge in [0.1, 0.15) is 0 Å². The fourth-order valence-corrected chi connectivity index (χ4v) is 1.38. The predicted octanol–water partition coefficient (Wildman–Crippen LogP) is 0.591. The molecule has 0 aliphatic carbocycles. The van der Waals surface area contributed by atoms with E-state index in [9.17, 15) is 4.79 Å². The lowest BCUT2D eigenvalue weighted by molar-refractivity contribution is -0.122. The Bertz CT molecular complexity index is 139.